The molecule has 1 atom stereocenters. The Bertz CT molecular complexity index is 448. The van der Waals surface area contributed by atoms with Crippen molar-refractivity contribution in [3.8, 4) is 0 Å². The van der Waals surface area contributed by atoms with Gasteiger partial charge in [-0.25, -0.2) is 0 Å². The fourth-order valence-corrected chi connectivity index (χ4v) is 2.58. The van der Waals surface area contributed by atoms with Crippen molar-refractivity contribution in [3.63, 3.8) is 0 Å². The standard InChI is InChI=1S/C16H22ClNO/c1-11(2)12(3)18-15(19)16(9-4-10-16)13-5-7-14(17)8-6-13/h5-8,11-12H,4,9-10H2,1-3H3,(H,18,19). The summed E-state index contributed by atoms with van der Waals surface area (Å²) in [5, 5.41) is 3.88. The van der Waals surface area contributed by atoms with E-state index >= 15 is 0 Å². The lowest BCUT2D eigenvalue weighted by atomic mass is 9.63. The molecule has 1 aromatic carbocycles. The number of carbonyl (C=O) groups is 1. The second-order valence-electron chi connectivity index (χ2n) is 5.95. The van der Waals surface area contributed by atoms with Crippen molar-refractivity contribution in [2.45, 2.75) is 51.5 Å². The Morgan fingerprint density at radius 3 is 2.21 bits per heavy atom. The largest absolute Gasteiger partial charge is 0.353 e. The van der Waals surface area contributed by atoms with Gasteiger partial charge in [0.05, 0.1) is 5.41 Å². The summed E-state index contributed by atoms with van der Waals surface area (Å²) in [7, 11) is 0. The van der Waals surface area contributed by atoms with Crippen LogP contribution in [0.3, 0.4) is 0 Å². The molecule has 104 valence electrons. The number of halogens is 1. The molecule has 0 radical (unpaired) electrons. The maximum Gasteiger partial charge on any atom is 0.230 e. The number of carbonyl (C=O) groups excluding carboxylic acids is 1. The molecule has 0 aromatic heterocycles. The lowest BCUT2D eigenvalue weighted by Crippen LogP contribution is -2.52. The molecule has 0 aliphatic heterocycles. The highest BCUT2D eigenvalue weighted by Gasteiger charge is 2.45. The second-order valence-corrected chi connectivity index (χ2v) is 6.39. The number of nitrogens with one attached hydrogen (secondary N) is 1. The zero-order valence-electron chi connectivity index (χ0n) is 11.9. The second kappa shape index (κ2) is 5.54. The number of amides is 1. The van der Waals surface area contributed by atoms with Gasteiger partial charge in [0.2, 0.25) is 5.91 Å². The third kappa shape index (κ3) is 2.79. The molecule has 1 amide bonds. The first-order valence-corrected chi connectivity index (χ1v) is 7.40. The number of hydrogen-bond acceptors (Lipinski definition) is 1. The zero-order chi connectivity index (χ0) is 14.0. The molecule has 2 nitrogen and oxygen atoms in total. The molecule has 0 saturated heterocycles. The monoisotopic (exact) mass is 279 g/mol. The van der Waals surface area contributed by atoms with Crippen molar-refractivity contribution < 1.29 is 4.79 Å². The van der Waals surface area contributed by atoms with Crippen molar-refractivity contribution in [3.05, 3.63) is 34.9 Å². The average molecular weight is 280 g/mol. The summed E-state index contributed by atoms with van der Waals surface area (Å²) in [6.45, 7) is 6.32. The first-order chi connectivity index (χ1) is 8.95. The van der Waals surface area contributed by atoms with Gasteiger partial charge in [0.1, 0.15) is 0 Å². The van der Waals surface area contributed by atoms with Gasteiger partial charge in [-0.05, 0) is 43.4 Å². The van der Waals surface area contributed by atoms with Crippen molar-refractivity contribution in [2.24, 2.45) is 5.92 Å². The van der Waals surface area contributed by atoms with Crippen molar-refractivity contribution in [1.29, 1.82) is 0 Å². The van der Waals surface area contributed by atoms with Gasteiger partial charge in [-0.3, -0.25) is 4.79 Å². The third-order valence-corrected chi connectivity index (χ3v) is 4.65. The Hall–Kier alpha value is -1.02. The average Bonchev–Trinajstić information content (AvgIpc) is 2.30. The molecule has 1 fully saturated rings. The van der Waals surface area contributed by atoms with Gasteiger partial charge in [0, 0.05) is 11.1 Å². The van der Waals surface area contributed by atoms with E-state index in [-0.39, 0.29) is 17.4 Å². The highest BCUT2D eigenvalue weighted by Crippen LogP contribution is 2.44. The number of hydrogen-bond donors (Lipinski definition) is 1. The Balaban J connectivity index is 2.18. The molecule has 1 aromatic rings. The number of benzene rings is 1. The SMILES string of the molecule is CC(C)C(C)NC(=O)C1(c2ccc(Cl)cc2)CCC1. The Morgan fingerprint density at radius 1 is 1.21 bits per heavy atom. The van der Waals surface area contributed by atoms with E-state index in [1.165, 1.54) is 0 Å². The van der Waals surface area contributed by atoms with Gasteiger partial charge in [0.15, 0.2) is 0 Å². The highest BCUT2D eigenvalue weighted by molar-refractivity contribution is 6.30. The third-order valence-electron chi connectivity index (χ3n) is 4.40. The quantitative estimate of drug-likeness (QED) is 0.889. The molecular formula is C16H22ClNO. The van der Waals surface area contributed by atoms with Gasteiger partial charge in [-0.15, -0.1) is 0 Å². The van der Waals surface area contributed by atoms with Crippen LogP contribution < -0.4 is 5.32 Å². The smallest absolute Gasteiger partial charge is 0.230 e. The van der Waals surface area contributed by atoms with Crippen LogP contribution in [0.1, 0.15) is 45.6 Å². The maximum absolute atomic E-state index is 12.6. The van der Waals surface area contributed by atoms with Crippen molar-refractivity contribution in [2.75, 3.05) is 0 Å². The van der Waals surface area contributed by atoms with Gasteiger partial charge in [0.25, 0.3) is 0 Å². The van der Waals surface area contributed by atoms with E-state index in [0.29, 0.717) is 10.9 Å². The van der Waals surface area contributed by atoms with E-state index < -0.39 is 0 Å². The predicted molar refractivity (Wildman–Crippen MR) is 79.4 cm³/mol. The van der Waals surface area contributed by atoms with Gasteiger partial charge < -0.3 is 5.32 Å². The highest BCUT2D eigenvalue weighted by atomic mass is 35.5. The molecule has 1 aliphatic rings. The molecule has 1 N–H and O–H groups in total. The molecule has 0 bridgehead atoms. The summed E-state index contributed by atoms with van der Waals surface area (Å²) in [4.78, 5) is 12.6. The normalized spacial score (nSPS) is 18.8. The summed E-state index contributed by atoms with van der Waals surface area (Å²) in [5.74, 6) is 0.619. The lowest BCUT2D eigenvalue weighted by molar-refractivity contribution is -0.130. The molecule has 1 aliphatic carbocycles. The summed E-state index contributed by atoms with van der Waals surface area (Å²) < 4.78 is 0. The molecule has 2 rings (SSSR count). The van der Waals surface area contributed by atoms with Crippen LogP contribution in [0.25, 0.3) is 0 Å². The summed E-state index contributed by atoms with van der Waals surface area (Å²) >= 11 is 5.93. The fraction of sp³-hybridized carbons (Fsp3) is 0.562. The summed E-state index contributed by atoms with van der Waals surface area (Å²) in [5.41, 5.74) is 0.768. The minimum atomic E-state index is -0.326. The molecule has 0 spiro atoms. The molecule has 1 saturated carbocycles. The van der Waals surface area contributed by atoms with Crippen LogP contribution in [0.2, 0.25) is 5.02 Å². The van der Waals surface area contributed by atoms with Crippen molar-refractivity contribution in [1.82, 2.24) is 5.32 Å². The first-order valence-electron chi connectivity index (χ1n) is 7.03. The molecule has 3 heteroatoms. The minimum absolute atomic E-state index is 0.169. The Kier molecular flexibility index (Phi) is 4.19. The predicted octanol–water partition coefficient (Wildman–Crippen LogP) is 3.92. The van der Waals surface area contributed by atoms with E-state index in [0.717, 1.165) is 24.8 Å². The van der Waals surface area contributed by atoms with Gasteiger partial charge in [-0.1, -0.05) is 44.0 Å². The topological polar surface area (TPSA) is 29.1 Å². The van der Waals surface area contributed by atoms with Gasteiger partial charge >= 0.3 is 0 Å². The Labute approximate surface area is 120 Å². The maximum atomic E-state index is 12.6. The van der Waals surface area contributed by atoms with E-state index in [2.05, 4.69) is 26.1 Å². The van der Waals surface area contributed by atoms with E-state index in [4.69, 9.17) is 11.6 Å². The summed E-state index contributed by atoms with van der Waals surface area (Å²) in [6.07, 6.45) is 2.99. The van der Waals surface area contributed by atoms with Crippen LogP contribution in [-0.2, 0) is 10.2 Å². The lowest BCUT2D eigenvalue weighted by Gasteiger charge is -2.41. The van der Waals surface area contributed by atoms with Crippen LogP contribution in [0.5, 0.6) is 0 Å². The van der Waals surface area contributed by atoms with Crippen molar-refractivity contribution >= 4 is 17.5 Å². The van der Waals surface area contributed by atoms with E-state index in [1.807, 2.05) is 24.3 Å². The van der Waals surface area contributed by atoms with Crippen LogP contribution in [0, 0.1) is 5.92 Å². The number of rotatable bonds is 4. The van der Waals surface area contributed by atoms with Crippen LogP contribution in [0.4, 0.5) is 0 Å². The molecular weight excluding hydrogens is 258 g/mol. The van der Waals surface area contributed by atoms with Crippen LogP contribution in [0.15, 0.2) is 24.3 Å². The van der Waals surface area contributed by atoms with E-state index in [9.17, 15) is 4.79 Å². The van der Waals surface area contributed by atoms with Gasteiger partial charge in [-0.2, -0.15) is 0 Å². The zero-order valence-corrected chi connectivity index (χ0v) is 12.6. The fourth-order valence-electron chi connectivity index (χ4n) is 2.46. The minimum Gasteiger partial charge on any atom is -0.353 e. The summed E-state index contributed by atoms with van der Waals surface area (Å²) in [6, 6.07) is 7.92. The van der Waals surface area contributed by atoms with E-state index in [1.54, 1.807) is 0 Å². The first kappa shape index (κ1) is 14.4. The molecule has 1 unspecified atom stereocenters. The van der Waals surface area contributed by atoms with Crippen LogP contribution >= 0.6 is 11.6 Å². The molecule has 19 heavy (non-hydrogen) atoms. The molecule has 0 heterocycles. The van der Waals surface area contributed by atoms with Crippen LogP contribution in [-0.4, -0.2) is 11.9 Å². The Morgan fingerprint density at radius 2 is 1.79 bits per heavy atom.